The first kappa shape index (κ1) is 13.4. The van der Waals surface area contributed by atoms with E-state index in [2.05, 4.69) is 5.32 Å². The Balaban J connectivity index is 1.92. The molecule has 0 heterocycles. The summed E-state index contributed by atoms with van der Waals surface area (Å²) in [6.45, 7) is 1.84. The van der Waals surface area contributed by atoms with Crippen LogP contribution < -0.4 is 5.32 Å². The molecule has 0 spiro atoms. The second-order valence-corrected chi connectivity index (χ2v) is 4.73. The number of phenols is 1. The van der Waals surface area contributed by atoms with Crippen LogP contribution in [0, 0.1) is 5.92 Å². The lowest BCUT2D eigenvalue weighted by Crippen LogP contribution is -2.32. The fraction of sp³-hybridized carbons (Fsp3) is 0.429. The molecule has 2 N–H and O–H groups in total. The summed E-state index contributed by atoms with van der Waals surface area (Å²) in [6, 6.07) is 5.10. The maximum Gasteiger partial charge on any atom is 0.408 e. The molecule has 1 saturated carbocycles. The fourth-order valence-corrected chi connectivity index (χ4v) is 1.83. The van der Waals surface area contributed by atoms with Crippen LogP contribution in [0.4, 0.5) is 4.79 Å². The van der Waals surface area contributed by atoms with Gasteiger partial charge in [0.2, 0.25) is 6.29 Å². The lowest BCUT2D eigenvalue weighted by molar-refractivity contribution is 0.0941. The van der Waals surface area contributed by atoms with E-state index in [0.29, 0.717) is 11.5 Å². The van der Waals surface area contributed by atoms with Gasteiger partial charge in [0.15, 0.2) is 0 Å². The van der Waals surface area contributed by atoms with Crippen LogP contribution in [-0.4, -0.2) is 23.6 Å². The van der Waals surface area contributed by atoms with E-state index in [0.717, 1.165) is 12.8 Å². The molecule has 2 unspecified atom stereocenters. The van der Waals surface area contributed by atoms with Gasteiger partial charge in [-0.25, -0.2) is 4.79 Å². The minimum Gasteiger partial charge on any atom is -0.508 e. The summed E-state index contributed by atoms with van der Waals surface area (Å²) >= 11 is 0. The first-order valence-corrected chi connectivity index (χ1v) is 6.24. The third kappa shape index (κ3) is 3.71. The highest BCUT2D eigenvalue weighted by Crippen LogP contribution is 2.34. The molecule has 1 radical (unpaired) electrons. The molecule has 5 heteroatoms. The number of aromatic hydroxyl groups is 1. The van der Waals surface area contributed by atoms with Crippen molar-refractivity contribution < 1.29 is 19.4 Å². The van der Waals surface area contributed by atoms with Crippen LogP contribution in [0.2, 0.25) is 0 Å². The minimum absolute atomic E-state index is 0.0957. The molecule has 2 atom stereocenters. The number of hydrogen-bond acceptors (Lipinski definition) is 4. The van der Waals surface area contributed by atoms with Crippen LogP contribution in [0.1, 0.15) is 31.4 Å². The van der Waals surface area contributed by atoms with Crippen molar-refractivity contribution in [2.45, 2.75) is 31.9 Å². The summed E-state index contributed by atoms with van der Waals surface area (Å²) in [6.07, 6.45) is 3.14. The zero-order valence-corrected chi connectivity index (χ0v) is 10.6. The van der Waals surface area contributed by atoms with Gasteiger partial charge in [0, 0.05) is 0 Å². The number of alkyl carbamates (subject to hydrolysis) is 1. The molecule has 0 aromatic heterocycles. The second-order valence-electron chi connectivity index (χ2n) is 4.73. The number of benzene rings is 1. The van der Waals surface area contributed by atoms with Crippen LogP contribution in [0.25, 0.3) is 0 Å². The minimum atomic E-state index is -0.889. The molecule has 0 bridgehead atoms. The summed E-state index contributed by atoms with van der Waals surface area (Å²) in [5.41, 5.74) is 0.545. The predicted octanol–water partition coefficient (Wildman–Crippen LogP) is 2.07. The average molecular weight is 262 g/mol. The quantitative estimate of drug-likeness (QED) is 0.851. The maximum absolute atomic E-state index is 11.6. The van der Waals surface area contributed by atoms with Crippen molar-refractivity contribution in [2.75, 3.05) is 0 Å². The summed E-state index contributed by atoms with van der Waals surface area (Å²) in [5.74, 6) is 0.538. The van der Waals surface area contributed by atoms with E-state index in [-0.39, 0.29) is 11.9 Å². The first-order chi connectivity index (χ1) is 9.10. The number of nitrogens with one attached hydrogen (secondary N) is 1. The molecule has 1 aromatic rings. The number of carbonyl (C=O) groups excluding carboxylic acids is 2. The van der Waals surface area contributed by atoms with Crippen molar-refractivity contribution in [3.8, 4) is 5.75 Å². The lowest BCUT2D eigenvalue weighted by Gasteiger charge is -2.16. The van der Waals surface area contributed by atoms with Gasteiger partial charge in [-0.3, -0.25) is 4.79 Å². The zero-order chi connectivity index (χ0) is 13.8. The molecule has 19 heavy (non-hydrogen) atoms. The van der Waals surface area contributed by atoms with Gasteiger partial charge in [-0.05, 0) is 43.4 Å². The molecule has 1 fully saturated rings. The summed E-state index contributed by atoms with van der Waals surface area (Å²) in [7, 11) is 0. The Kier molecular flexibility index (Phi) is 4.04. The second kappa shape index (κ2) is 5.73. The zero-order valence-electron chi connectivity index (χ0n) is 10.6. The van der Waals surface area contributed by atoms with E-state index in [1.165, 1.54) is 12.1 Å². The van der Waals surface area contributed by atoms with Gasteiger partial charge < -0.3 is 15.2 Å². The largest absolute Gasteiger partial charge is 0.508 e. The van der Waals surface area contributed by atoms with Crippen molar-refractivity contribution in [3.05, 3.63) is 29.8 Å². The summed E-state index contributed by atoms with van der Waals surface area (Å²) in [5, 5.41) is 11.6. The molecule has 101 valence electrons. The van der Waals surface area contributed by atoms with Gasteiger partial charge >= 0.3 is 6.09 Å². The lowest BCUT2D eigenvalue weighted by atomic mass is 10.1. The molecular weight excluding hydrogens is 246 g/mol. The van der Waals surface area contributed by atoms with Crippen LogP contribution in [-0.2, 0) is 9.53 Å². The molecule has 1 amide bonds. The molecule has 0 saturated heterocycles. The predicted molar refractivity (Wildman–Crippen MR) is 68.3 cm³/mol. The van der Waals surface area contributed by atoms with E-state index in [4.69, 9.17) is 9.84 Å². The Morgan fingerprint density at radius 1 is 1.42 bits per heavy atom. The van der Waals surface area contributed by atoms with E-state index < -0.39 is 12.1 Å². The number of ether oxygens (including phenoxy) is 1. The van der Waals surface area contributed by atoms with Crippen molar-refractivity contribution in [3.63, 3.8) is 0 Å². The number of hydrogen-bond donors (Lipinski definition) is 2. The molecule has 5 nitrogen and oxygen atoms in total. The Hall–Kier alpha value is -2.04. The standard InChI is InChI=1S/C14H16NO4/c1-9(10-2-3-10)19-14(18)15-13(8-16)11-4-6-12(17)7-5-11/h4-7,9-10,13,17H,2-3H2,1H3,(H,15,18). The smallest absolute Gasteiger partial charge is 0.408 e. The van der Waals surface area contributed by atoms with Gasteiger partial charge in [-0.2, -0.15) is 0 Å². The first-order valence-electron chi connectivity index (χ1n) is 6.24. The number of phenolic OH excluding ortho intramolecular Hbond substituents is 1. The third-order valence-electron chi connectivity index (χ3n) is 3.19. The van der Waals surface area contributed by atoms with Gasteiger partial charge in [0.05, 0.1) is 0 Å². The topological polar surface area (TPSA) is 75.6 Å². The number of rotatable bonds is 5. The van der Waals surface area contributed by atoms with Crippen molar-refractivity contribution in [2.24, 2.45) is 5.92 Å². The van der Waals surface area contributed by atoms with E-state index in [9.17, 15) is 9.59 Å². The number of carbonyl (C=O) groups is 1. The molecule has 1 aliphatic carbocycles. The molecule has 2 rings (SSSR count). The third-order valence-corrected chi connectivity index (χ3v) is 3.19. The normalized spacial score (nSPS) is 17.3. The monoisotopic (exact) mass is 262 g/mol. The fourth-order valence-electron chi connectivity index (χ4n) is 1.83. The Morgan fingerprint density at radius 2 is 2.05 bits per heavy atom. The maximum atomic E-state index is 11.6. The van der Waals surface area contributed by atoms with Crippen molar-refractivity contribution in [1.82, 2.24) is 5.32 Å². The van der Waals surface area contributed by atoms with E-state index in [1.807, 2.05) is 6.92 Å². The average Bonchev–Trinajstić information content (AvgIpc) is 3.21. The van der Waals surface area contributed by atoms with Gasteiger partial charge in [0.25, 0.3) is 0 Å². The van der Waals surface area contributed by atoms with Gasteiger partial charge in [0.1, 0.15) is 17.9 Å². The highest BCUT2D eigenvalue weighted by molar-refractivity contribution is 5.74. The van der Waals surface area contributed by atoms with Gasteiger partial charge in [-0.15, -0.1) is 0 Å². The Labute approximate surface area is 111 Å². The SMILES string of the molecule is CC(OC(=O)NC([C]=O)c1ccc(O)cc1)C1CC1. The summed E-state index contributed by atoms with van der Waals surface area (Å²) < 4.78 is 5.17. The molecule has 1 aromatic carbocycles. The summed E-state index contributed by atoms with van der Waals surface area (Å²) in [4.78, 5) is 22.5. The van der Waals surface area contributed by atoms with E-state index in [1.54, 1.807) is 18.4 Å². The Morgan fingerprint density at radius 3 is 2.58 bits per heavy atom. The van der Waals surface area contributed by atoms with Crippen LogP contribution in [0.15, 0.2) is 24.3 Å². The molecular formula is C14H16NO4. The highest BCUT2D eigenvalue weighted by Gasteiger charge is 2.31. The number of amides is 1. The highest BCUT2D eigenvalue weighted by atomic mass is 16.6. The van der Waals surface area contributed by atoms with Crippen LogP contribution in [0.5, 0.6) is 5.75 Å². The van der Waals surface area contributed by atoms with Crippen LogP contribution >= 0.6 is 0 Å². The van der Waals surface area contributed by atoms with Crippen LogP contribution in [0.3, 0.4) is 0 Å². The van der Waals surface area contributed by atoms with E-state index >= 15 is 0 Å². The Bertz CT molecular complexity index is 453. The molecule has 1 aliphatic rings. The van der Waals surface area contributed by atoms with Crippen molar-refractivity contribution in [1.29, 1.82) is 0 Å². The van der Waals surface area contributed by atoms with Crippen molar-refractivity contribution >= 4 is 12.4 Å². The molecule has 0 aliphatic heterocycles. The van der Waals surface area contributed by atoms with Gasteiger partial charge in [-0.1, -0.05) is 12.1 Å².